The first-order valence-electron chi connectivity index (χ1n) is 7.99. The van der Waals surface area contributed by atoms with Crippen LogP contribution in [-0.4, -0.2) is 9.78 Å². The fourth-order valence-electron chi connectivity index (χ4n) is 2.69. The predicted molar refractivity (Wildman–Crippen MR) is 97.6 cm³/mol. The normalized spacial score (nSPS) is 11.7. The molecule has 28 heavy (non-hydrogen) atoms. The van der Waals surface area contributed by atoms with Crippen molar-refractivity contribution in [3.8, 4) is 17.8 Å². The molecule has 1 heterocycles. The second-order valence-corrected chi connectivity index (χ2v) is 5.72. The SMILES string of the molecule is N#C/C(=C\c1ccccc1C(F)(F)F)c1nn(-c2ccccc2)c(N)c1C#N. The summed E-state index contributed by atoms with van der Waals surface area (Å²) in [6, 6.07) is 17.2. The van der Waals surface area contributed by atoms with Crippen LogP contribution >= 0.6 is 0 Å². The van der Waals surface area contributed by atoms with E-state index in [0.29, 0.717) is 5.69 Å². The molecule has 0 aliphatic heterocycles. The van der Waals surface area contributed by atoms with Crippen LogP contribution < -0.4 is 5.73 Å². The molecule has 0 radical (unpaired) electrons. The lowest BCUT2D eigenvalue weighted by molar-refractivity contribution is -0.137. The summed E-state index contributed by atoms with van der Waals surface area (Å²) in [6.07, 6.45) is -3.53. The summed E-state index contributed by atoms with van der Waals surface area (Å²) in [7, 11) is 0. The van der Waals surface area contributed by atoms with Crippen LogP contribution in [0.15, 0.2) is 54.6 Å². The standard InChI is InChI=1S/C20H12F3N5/c21-20(22,23)17-9-5-4-6-13(17)10-14(11-24)18-16(12-25)19(26)28(27-18)15-7-2-1-3-8-15/h1-10H,26H2/b14-10+. The van der Waals surface area contributed by atoms with E-state index in [1.165, 1.54) is 22.9 Å². The molecule has 0 saturated heterocycles. The zero-order chi connectivity index (χ0) is 20.3. The van der Waals surface area contributed by atoms with Crippen molar-refractivity contribution in [1.82, 2.24) is 9.78 Å². The highest BCUT2D eigenvalue weighted by Gasteiger charge is 2.32. The minimum Gasteiger partial charge on any atom is -0.382 e. The quantitative estimate of drug-likeness (QED) is 0.683. The second kappa shape index (κ2) is 7.29. The van der Waals surface area contributed by atoms with Crippen LogP contribution in [0.25, 0.3) is 17.3 Å². The highest BCUT2D eigenvalue weighted by Crippen LogP contribution is 2.34. The number of hydrogen-bond acceptors (Lipinski definition) is 4. The van der Waals surface area contributed by atoms with Gasteiger partial charge in [-0.25, -0.2) is 4.68 Å². The van der Waals surface area contributed by atoms with Gasteiger partial charge in [0.15, 0.2) is 0 Å². The number of rotatable bonds is 3. The number of nitrogen functional groups attached to an aromatic ring is 1. The highest BCUT2D eigenvalue weighted by atomic mass is 19.4. The van der Waals surface area contributed by atoms with Gasteiger partial charge in [-0.3, -0.25) is 0 Å². The number of nitriles is 2. The second-order valence-electron chi connectivity index (χ2n) is 5.72. The highest BCUT2D eigenvalue weighted by molar-refractivity contribution is 5.92. The summed E-state index contributed by atoms with van der Waals surface area (Å²) in [5.74, 6) is -0.00560. The van der Waals surface area contributed by atoms with Crippen LogP contribution in [0.2, 0.25) is 0 Å². The van der Waals surface area contributed by atoms with Crippen molar-refractivity contribution in [2.75, 3.05) is 5.73 Å². The van der Waals surface area contributed by atoms with Gasteiger partial charge in [0.2, 0.25) is 0 Å². The van der Waals surface area contributed by atoms with Crippen LogP contribution in [0.4, 0.5) is 19.0 Å². The molecule has 2 aromatic carbocycles. The van der Waals surface area contributed by atoms with Gasteiger partial charge in [0, 0.05) is 0 Å². The number of benzene rings is 2. The first kappa shape index (κ1) is 18.7. The van der Waals surface area contributed by atoms with Gasteiger partial charge in [0.1, 0.15) is 29.2 Å². The number of nitrogens with zero attached hydrogens (tertiary/aromatic N) is 4. The first-order chi connectivity index (χ1) is 13.4. The van der Waals surface area contributed by atoms with E-state index in [1.54, 1.807) is 30.3 Å². The average molecular weight is 379 g/mol. The summed E-state index contributed by atoms with van der Waals surface area (Å²) in [5, 5.41) is 23.2. The number of allylic oxidation sites excluding steroid dienone is 1. The van der Waals surface area contributed by atoms with Crippen molar-refractivity contribution in [2.24, 2.45) is 0 Å². The van der Waals surface area contributed by atoms with Gasteiger partial charge in [-0.1, -0.05) is 36.4 Å². The third kappa shape index (κ3) is 3.44. The molecule has 2 N–H and O–H groups in total. The summed E-state index contributed by atoms with van der Waals surface area (Å²) in [5.41, 5.74) is 5.09. The predicted octanol–water partition coefficient (Wildman–Crippen LogP) is 4.41. The lowest BCUT2D eigenvalue weighted by Gasteiger charge is -2.10. The van der Waals surface area contributed by atoms with Crippen molar-refractivity contribution < 1.29 is 13.2 Å². The van der Waals surface area contributed by atoms with E-state index in [-0.39, 0.29) is 28.2 Å². The molecule has 0 atom stereocenters. The maximum atomic E-state index is 13.2. The fraction of sp³-hybridized carbons (Fsp3) is 0.0500. The largest absolute Gasteiger partial charge is 0.416 e. The number of aromatic nitrogens is 2. The summed E-state index contributed by atoms with van der Waals surface area (Å²) < 4.78 is 41.0. The molecule has 0 unspecified atom stereocenters. The molecule has 3 aromatic rings. The molecule has 0 saturated carbocycles. The molecule has 5 nitrogen and oxygen atoms in total. The Morgan fingerprint density at radius 3 is 2.29 bits per heavy atom. The van der Waals surface area contributed by atoms with Gasteiger partial charge < -0.3 is 5.73 Å². The molecule has 0 spiro atoms. The van der Waals surface area contributed by atoms with Gasteiger partial charge in [-0.15, -0.1) is 0 Å². The minimum atomic E-state index is -4.59. The van der Waals surface area contributed by atoms with Gasteiger partial charge in [0.25, 0.3) is 0 Å². The first-order valence-corrected chi connectivity index (χ1v) is 7.99. The summed E-state index contributed by atoms with van der Waals surface area (Å²) in [4.78, 5) is 0. The Morgan fingerprint density at radius 2 is 1.68 bits per heavy atom. The number of alkyl halides is 3. The smallest absolute Gasteiger partial charge is 0.382 e. The van der Waals surface area contributed by atoms with Gasteiger partial charge in [-0.05, 0) is 29.8 Å². The zero-order valence-electron chi connectivity index (χ0n) is 14.3. The van der Waals surface area contributed by atoms with E-state index in [4.69, 9.17) is 5.73 Å². The number of anilines is 1. The molecule has 8 heteroatoms. The fourth-order valence-corrected chi connectivity index (χ4v) is 2.69. The topological polar surface area (TPSA) is 91.4 Å². The van der Waals surface area contributed by atoms with Crippen LogP contribution in [0.3, 0.4) is 0 Å². The molecule has 0 amide bonds. The molecule has 0 aliphatic carbocycles. The summed E-state index contributed by atoms with van der Waals surface area (Å²) >= 11 is 0. The van der Waals surface area contributed by atoms with Crippen LogP contribution in [-0.2, 0) is 6.18 Å². The number of hydrogen-bond donors (Lipinski definition) is 1. The maximum absolute atomic E-state index is 13.2. The van der Waals surface area contributed by atoms with Crippen LogP contribution in [0.1, 0.15) is 22.4 Å². The van der Waals surface area contributed by atoms with E-state index in [0.717, 1.165) is 12.1 Å². The van der Waals surface area contributed by atoms with E-state index in [2.05, 4.69) is 5.10 Å². The zero-order valence-corrected chi connectivity index (χ0v) is 14.3. The number of para-hydroxylation sites is 1. The Morgan fingerprint density at radius 1 is 1.04 bits per heavy atom. The van der Waals surface area contributed by atoms with E-state index in [9.17, 15) is 23.7 Å². The van der Waals surface area contributed by atoms with Gasteiger partial charge in [-0.2, -0.15) is 28.8 Å². The molecule has 0 bridgehead atoms. The Bertz CT molecular complexity index is 1130. The number of halogens is 3. The van der Waals surface area contributed by atoms with Gasteiger partial charge in [0.05, 0.1) is 16.8 Å². The van der Waals surface area contributed by atoms with E-state index in [1.807, 2.05) is 12.1 Å². The molecule has 138 valence electrons. The third-order valence-corrected chi connectivity index (χ3v) is 3.98. The van der Waals surface area contributed by atoms with Crippen LogP contribution in [0.5, 0.6) is 0 Å². The molecular formula is C20H12F3N5. The Labute approximate surface area is 158 Å². The Kier molecular flexibility index (Phi) is 4.88. The molecule has 3 rings (SSSR count). The van der Waals surface area contributed by atoms with E-state index < -0.39 is 11.7 Å². The van der Waals surface area contributed by atoms with E-state index >= 15 is 0 Å². The Balaban J connectivity index is 2.20. The monoisotopic (exact) mass is 379 g/mol. The third-order valence-electron chi connectivity index (χ3n) is 3.98. The lowest BCUT2D eigenvalue weighted by Crippen LogP contribution is -2.07. The number of nitrogens with two attached hydrogens (primary N) is 1. The molecular weight excluding hydrogens is 367 g/mol. The van der Waals surface area contributed by atoms with Crippen molar-refractivity contribution >= 4 is 17.5 Å². The van der Waals surface area contributed by atoms with Crippen molar-refractivity contribution in [3.05, 3.63) is 77.0 Å². The molecule has 1 aromatic heterocycles. The van der Waals surface area contributed by atoms with Gasteiger partial charge >= 0.3 is 6.18 Å². The average Bonchev–Trinajstić information content (AvgIpc) is 3.02. The van der Waals surface area contributed by atoms with Crippen molar-refractivity contribution in [2.45, 2.75) is 6.18 Å². The lowest BCUT2D eigenvalue weighted by atomic mass is 10.0. The maximum Gasteiger partial charge on any atom is 0.416 e. The van der Waals surface area contributed by atoms with Crippen molar-refractivity contribution in [1.29, 1.82) is 10.5 Å². The van der Waals surface area contributed by atoms with Crippen molar-refractivity contribution in [3.63, 3.8) is 0 Å². The molecule has 0 fully saturated rings. The Hall–Kier alpha value is -4.04. The van der Waals surface area contributed by atoms with Crippen LogP contribution in [0, 0.1) is 22.7 Å². The summed E-state index contributed by atoms with van der Waals surface area (Å²) in [6.45, 7) is 0. The molecule has 0 aliphatic rings. The minimum absolute atomic E-state index is 0.00560.